The first kappa shape index (κ1) is 27.7. The van der Waals surface area contributed by atoms with E-state index < -0.39 is 35.1 Å². The van der Waals surface area contributed by atoms with E-state index in [4.69, 9.17) is 4.74 Å². The van der Waals surface area contributed by atoms with Gasteiger partial charge in [-0.05, 0) is 42.2 Å². The van der Waals surface area contributed by atoms with E-state index in [9.17, 15) is 19.5 Å². The van der Waals surface area contributed by atoms with Crippen LogP contribution in [0.1, 0.15) is 40.0 Å². The zero-order chi connectivity index (χ0) is 28.9. The summed E-state index contributed by atoms with van der Waals surface area (Å²) in [4.78, 5) is 48.5. The van der Waals surface area contributed by atoms with Gasteiger partial charge in [-0.3, -0.25) is 14.4 Å². The Morgan fingerprint density at radius 1 is 0.927 bits per heavy atom. The maximum atomic E-state index is 14.7. The van der Waals surface area contributed by atoms with Crippen molar-refractivity contribution in [2.45, 2.75) is 63.3 Å². The summed E-state index contributed by atoms with van der Waals surface area (Å²) in [5.41, 5.74) is -1.61. The average Bonchev–Trinajstić information content (AvgIpc) is 3.28. The van der Waals surface area contributed by atoms with Gasteiger partial charge in [0.1, 0.15) is 11.6 Å². The molecule has 0 radical (unpaired) electrons. The molecule has 6 atom stereocenters. The highest BCUT2D eigenvalue weighted by Gasteiger charge is 2.75. The number of benzene rings is 2. The first-order valence-electron chi connectivity index (χ1n) is 14.9. The molecule has 216 valence electrons. The molecule has 0 aliphatic carbocycles. The Labute approximate surface area is 241 Å². The summed E-state index contributed by atoms with van der Waals surface area (Å²) in [6.45, 7) is 6.97. The first-order valence-corrected chi connectivity index (χ1v) is 14.9. The van der Waals surface area contributed by atoms with Crippen LogP contribution < -0.4 is 4.90 Å². The van der Waals surface area contributed by atoms with Crippen LogP contribution in [0, 0.1) is 11.8 Å². The number of carbonyl (C=O) groups is 3. The number of nitrogens with zero attached hydrogens (tertiary/aromatic N) is 3. The number of rotatable bonds is 7. The molecule has 0 bridgehead atoms. The van der Waals surface area contributed by atoms with Gasteiger partial charge < -0.3 is 24.5 Å². The predicted molar refractivity (Wildman–Crippen MR) is 157 cm³/mol. The van der Waals surface area contributed by atoms with E-state index in [-0.39, 0.29) is 24.3 Å². The van der Waals surface area contributed by atoms with Crippen LogP contribution in [0.3, 0.4) is 0 Å². The molecule has 4 heterocycles. The van der Waals surface area contributed by atoms with Gasteiger partial charge in [0.25, 0.3) is 5.91 Å². The topological polar surface area (TPSA) is 90.4 Å². The van der Waals surface area contributed by atoms with Gasteiger partial charge in [0.2, 0.25) is 11.8 Å². The summed E-state index contributed by atoms with van der Waals surface area (Å²) in [6.07, 6.45) is 9.47. The van der Waals surface area contributed by atoms with Crippen LogP contribution in [0.4, 0.5) is 5.69 Å². The van der Waals surface area contributed by atoms with Crippen molar-refractivity contribution >= 4 is 34.2 Å². The second-order valence-corrected chi connectivity index (χ2v) is 11.7. The van der Waals surface area contributed by atoms with Crippen LogP contribution in [0.15, 0.2) is 66.8 Å². The fraction of sp³-hybridized carbons (Fsp3) is 0.485. The number of ether oxygens (including phenoxy) is 1. The standard InChI is InChI=1S/C33H39N3O5/c1-4-17-34-18-9-15-32(6-3)26(29(34)38)27-30(39)36(24(5-2)21-37)28-31(40)35(19-10-16-33(27,28)41-32)25-14-13-22-11-7-8-12-23(22)20-25/h7-16,20,24,26-28,37H,4-6,17-19,21H2,1-3H3/t24-,26+,27-,28?,32-,33-/m0/s1. The van der Waals surface area contributed by atoms with Crippen LogP contribution in [-0.2, 0) is 19.1 Å². The van der Waals surface area contributed by atoms with E-state index in [1.165, 1.54) is 0 Å². The van der Waals surface area contributed by atoms with Crippen molar-refractivity contribution in [3.05, 3.63) is 66.8 Å². The number of likely N-dealkylation sites (tertiary alicyclic amines) is 1. The van der Waals surface area contributed by atoms with Crippen LogP contribution in [0.5, 0.6) is 0 Å². The highest BCUT2D eigenvalue weighted by atomic mass is 16.5. The maximum Gasteiger partial charge on any atom is 0.253 e. The molecule has 0 aromatic heterocycles. The van der Waals surface area contributed by atoms with Gasteiger partial charge in [-0.25, -0.2) is 0 Å². The molecule has 4 aliphatic heterocycles. The molecule has 1 spiro atoms. The number of anilines is 1. The fourth-order valence-corrected chi connectivity index (χ4v) is 7.60. The molecule has 1 N–H and O–H groups in total. The van der Waals surface area contributed by atoms with Gasteiger partial charge in [0.05, 0.1) is 30.1 Å². The van der Waals surface area contributed by atoms with E-state index in [0.29, 0.717) is 32.5 Å². The third kappa shape index (κ3) is 3.98. The zero-order valence-electron chi connectivity index (χ0n) is 24.0. The van der Waals surface area contributed by atoms with Gasteiger partial charge in [0, 0.05) is 25.3 Å². The smallest absolute Gasteiger partial charge is 0.253 e. The Bertz CT molecular complexity index is 1430. The molecule has 41 heavy (non-hydrogen) atoms. The van der Waals surface area contributed by atoms with Gasteiger partial charge in [0.15, 0.2) is 0 Å². The Morgan fingerprint density at radius 3 is 2.39 bits per heavy atom. The van der Waals surface area contributed by atoms with Crippen molar-refractivity contribution in [1.82, 2.24) is 9.80 Å². The van der Waals surface area contributed by atoms with Crippen molar-refractivity contribution in [3.63, 3.8) is 0 Å². The minimum atomic E-state index is -1.34. The molecule has 8 nitrogen and oxygen atoms in total. The fourth-order valence-electron chi connectivity index (χ4n) is 7.60. The Morgan fingerprint density at radius 2 is 1.68 bits per heavy atom. The molecule has 2 aromatic carbocycles. The minimum Gasteiger partial charge on any atom is -0.394 e. The number of fused-ring (bicyclic) bond motifs is 3. The van der Waals surface area contributed by atoms with Crippen molar-refractivity contribution in [1.29, 1.82) is 0 Å². The highest BCUT2D eigenvalue weighted by Crippen LogP contribution is 2.59. The second kappa shape index (κ2) is 10.4. The Hall–Kier alpha value is -3.49. The molecular formula is C33H39N3O5. The lowest BCUT2D eigenvalue weighted by molar-refractivity contribution is -0.152. The van der Waals surface area contributed by atoms with E-state index in [0.717, 1.165) is 22.9 Å². The molecule has 6 rings (SSSR count). The van der Waals surface area contributed by atoms with E-state index >= 15 is 0 Å². The molecule has 1 unspecified atom stereocenters. The second-order valence-electron chi connectivity index (χ2n) is 11.7. The summed E-state index contributed by atoms with van der Waals surface area (Å²) in [7, 11) is 0. The van der Waals surface area contributed by atoms with Crippen molar-refractivity contribution in [2.75, 3.05) is 31.1 Å². The summed E-state index contributed by atoms with van der Waals surface area (Å²) < 4.78 is 7.03. The van der Waals surface area contributed by atoms with Gasteiger partial charge >= 0.3 is 0 Å². The van der Waals surface area contributed by atoms with Crippen LogP contribution >= 0.6 is 0 Å². The number of carbonyl (C=O) groups excluding carboxylic acids is 3. The lowest BCUT2D eigenvalue weighted by Gasteiger charge is -2.40. The molecule has 0 saturated carbocycles. The predicted octanol–water partition coefficient (Wildman–Crippen LogP) is 3.68. The van der Waals surface area contributed by atoms with E-state index in [1.54, 1.807) is 14.7 Å². The SMILES string of the molecule is CCCN1CC=C[C@]2(CC)O[C@]34C=CCN(c5ccc6ccccc6c5)C(=O)C3N([C@@H](CC)CO)C(=O)[C@@H]4[C@@H]2C1=O. The van der Waals surface area contributed by atoms with Crippen molar-refractivity contribution in [3.8, 4) is 0 Å². The molecule has 2 saturated heterocycles. The number of aliphatic hydroxyl groups is 1. The summed E-state index contributed by atoms with van der Waals surface area (Å²) in [6, 6.07) is 12.3. The maximum absolute atomic E-state index is 14.7. The monoisotopic (exact) mass is 557 g/mol. The molecule has 2 aromatic rings. The lowest BCUT2D eigenvalue weighted by atomic mass is 9.73. The van der Waals surface area contributed by atoms with Gasteiger partial charge in [-0.15, -0.1) is 0 Å². The van der Waals surface area contributed by atoms with Gasteiger partial charge in [-0.2, -0.15) is 0 Å². The molecular weight excluding hydrogens is 518 g/mol. The summed E-state index contributed by atoms with van der Waals surface area (Å²) >= 11 is 0. The molecule has 8 heteroatoms. The van der Waals surface area contributed by atoms with E-state index in [1.807, 2.05) is 87.5 Å². The zero-order valence-corrected chi connectivity index (χ0v) is 24.0. The number of hydrogen-bond acceptors (Lipinski definition) is 5. The third-order valence-corrected chi connectivity index (χ3v) is 9.57. The largest absolute Gasteiger partial charge is 0.394 e. The molecule has 2 fully saturated rings. The number of amides is 3. The summed E-state index contributed by atoms with van der Waals surface area (Å²) in [5, 5.41) is 12.5. The van der Waals surface area contributed by atoms with Crippen LogP contribution in [0.2, 0.25) is 0 Å². The normalized spacial score (nSPS) is 31.8. The quantitative estimate of drug-likeness (QED) is 0.525. The molecule has 3 amide bonds. The Kier molecular flexibility index (Phi) is 7.02. The van der Waals surface area contributed by atoms with E-state index in [2.05, 4.69) is 0 Å². The number of hydrogen-bond donors (Lipinski definition) is 1. The lowest BCUT2D eigenvalue weighted by Crippen LogP contribution is -2.59. The average molecular weight is 558 g/mol. The van der Waals surface area contributed by atoms with Gasteiger partial charge in [-0.1, -0.05) is 75.4 Å². The minimum absolute atomic E-state index is 0.108. The van der Waals surface area contributed by atoms with Crippen molar-refractivity contribution < 1.29 is 24.2 Å². The number of aliphatic hydroxyl groups excluding tert-OH is 1. The molecule has 4 aliphatic rings. The highest BCUT2D eigenvalue weighted by molar-refractivity contribution is 6.07. The first-order chi connectivity index (χ1) is 19.9. The van der Waals surface area contributed by atoms with Crippen LogP contribution in [-0.4, -0.2) is 82.2 Å². The van der Waals surface area contributed by atoms with Crippen LogP contribution in [0.25, 0.3) is 10.8 Å². The Balaban J connectivity index is 1.51. The summed E-state index contributed by atoms with van der Waals surface area (Å²) in [5.74, 6) is -2.31. The third-order valence-electron chi connectivity index (χ3n) is 9.57. The van der Waals surface area contributed by atoms with Crippen molar-refractivity contribution in [2.24, 2.45) is 11.8 Å².